The van der Waals surface area contributed by atoms with Crippen LogP contribution < -0.4 is 5.32 Å². The molecule has 0 atom stereocenters. The normalized spacial score (nSPS) is 14.6. The molecular formula is C19H26N4S. The van der Waals surface area contributed by atoms with Crippen molar-refractivity contribution in [3.05, 3.63) is 51.5 Å². The molecule has 5 heteroatoms. The lowest BCUT2D eigenvalue weighted by molar-refractivity contribution is 0.378. The summed E-state index contributed by atoms with van der Waals surface area (Å²) < 4.78 is 0. The molecule has 3 rings (SSSR count). The van der Waals surface area contributed by atoms with Crippen LogP contribution in [0, 0.1) is 6.92 Å². The average molecular weight is 343 g/mol. The largest absolute Gasteiger partial charge is 0.357 e. The van der Waals surface area contributed by atoms with Crippen molar-refractivity contribution in [2.75, 3.05) is 19.6 Å². The van der Waals surface area contributed by atoms with Crippen LogP contribution >= 0.6 is 11.3 Å². The SMILES string of the molecule is CCNC(=NCCCc1nc(C)cs1)N1CCc2ccccc2C1. The van der Waals surface area contributed by atoms with Gasteiger partial charge in [0.15, 0.2) is 5.96 Å². The van der Waals surface area contributed by atoms with E-state index in [9.17, 15) is 0 Å². The second-order valence-corrected chi connectivity index (χ2v) is 7.10. The summed E-state index contributed by atoms with van der Waals surface area (Å²) in [4.78, 5) is 11.7. The van der Waals surface area contributed by atoms with Crippen molar-refractivity contribution < 1.29 is 0 Å². The standard InChI is InChI=1S/C19H26N4S/c1-3-20-19(21-11-6-9-18-22-15(2)14-24-18)23-12-10-16-7-4-5-8-17(16)13-23/h4-5,7-8,14H,3,6,9-13H2,1-2H3,(H,20,21). The molecule has 1 N–H and O–H groups in total. The van der Waals surface area contributed by atoms with Crippen LogP contribution in [0.25, 0.3) is 0 Å². The van der Waals surface area contributed by atoms with Gasteiger partial charge in [-0.15, -0.1) is 11.3 Å². The summed E-state index contributed by atoms with van der Waals surface area (Å²) in [7, 11) is 0. The maximum absolute atomic E-state index is 4.84. The molecule has 0 spiro atoms. The van der Waals surface area contributed by atoms with Crippen molar-refractivity contribution in [1.29, 1.82) is 0 Å². The molecule has 0 radical (unpaired) electrons. The molecule has 2 heterocycles. The first-order valence-electron chi connectivity index (χ1n) is 8.77. The van der Waals surface area contributed by atoms with E-state index >= 15 is 0 Å². The summed E-state index contributed by atoms with van der Waals surface area (Å²) >= 11 is 1.75. The lowest BCUT2D eigenvalue weighted by atomic mass is 10.0. The number of benzene rings is 1. The number of aliphatic imine (C=N–C) groups is 1. The van der Waals surface area contributed by atoms with Crippen molar-refractivity contribution in [3.63, 3.8) is 0 Å². The highest BCUT2D eigenvalue weighted by Gasteiger charge is 2.18. The van der Waals surface area contributed by atoms with E-state index in [1.807, 2.05) is 0 Å². The topological polar surface area (TPSA) is 40.5 Å². The van der Waals surface area contributed by atoms with Crippen LogP contribution in [-0.2, 0) is 19.4 Å². The Morgan fingerprint density at radius 3 is 2.92 bits per heavy atom. The number of aromatic nitrogens is 1. The van der Waals surface area contributed by atoms with Crippen molar-refractivity contribution in [3.8, 4) is 0 Å². The summed E-state index contributed by atoms with van der Waals surface area (Å²) in [5.41, 5.74) is 4.02. The third-order valence-electron chi connectivity index (χ3n) is 4.24. The van der Waals surface area contributed by atoms with Crippen LogP contribution in [0.15, 0.2) is 34.6 Å². The molecular weight excluding hydrogens is 316 g/mol. The molecule has 0 unspecified atom stereocenters. The van der Waals surface area contributed by atoms with Crippen molar-refractivity contribution in [2.24, 2.45) is 4.99 Å². The number of nitrogens with one attached hydrogen (secondary N) is 1. The summed E-state index contributed by atoms with van der Waals surface area (Å²) in [6, 6.07) is 8.74. The van der Waals surface area contributed by atoms with E-state index in [-0.39, 0.29) is 0 Å². The number of rotatable bonds is 5. The molecule has 0 fully saturated rings. The van der Waals surface area contributed by atoms with Gasteiger partial charge in [-0.05, 0) is 37.8 Å². The number of hydrogen-bond donors (Lipinski definition) is 1. The van der Waals surface area contributed by atoms with Gasteiger partial charge in [0.05, 0.1) is 5.01 Å². The minimum absolute atomic E-state index is 0.846. The molecule has 1 aliphatic heterocycles. The van der Waals surface area contributed by atoms with Crippen molar-refractivity contribution >= 4 is 17.3 Å². The van der Waals surface area contributed by atoms with E-state index in [1.54, 1.807) is 11.3 Å². The van der Waals surface area contributed by atoms with Gasteiger partial charge in [-0.1, -0.05) is 24.3 Å². The zero-order valence-corrected chi connectivity index (χ0v) is 15.4. The first-order valence-corrected chi connectivity index (χ1v) is 9.65. The fraction of sp³-hybridized carbons (Fsp3) is 0.474. The number of fused-ring (bicyclic) bond motifs is 1. The number of guanidine groups is 1. The van der Waals surface area contributed by atoms with Crippen LogP contribution in [0.5, 0.6) is 0 Å². The van der Waals surface area contributed by atoms with Crippen LogP contribution in [0.2, 0.25) is 0 Å². The van der Waals surface area contributed by atoms with E-state index in [2.05, 4.69) is 58.7 Å². The summed E-state index contributed by atoms with van der Waals surface area (Å²) in [5.74, 6) is 1.04. The van der Waals surface area contributed by atoms with Crippen molar-refractivity contribution in [1.82, 2.24) is 15.2 Å². The molecule has 4 nitrogen and oxygen atoms in total. The second-order valence-electron chi connectivity index (χ2n) is 6.16. The number of hydrogen-bond acceptors (Lipinski definition) is 3. The molecule has 0 bridgehead atoms. The van der Waals surface area contributed by atoms with Gasteiger partial charge in [0, 0.05) is 43.7 Å². The summed E-state index contributed by atoms with van der Waals surface area (Å²) in [6.07, 6.45) is 3.16. The molecule has 2 aromatic rings. The Labute approximate surface area is 148 Å². The Balaban J connectivity index is 1.57. The fourth-order valence-corrected chi connectivity index (χ4v) is 3.85. The molecule has 0 saturated heterocycles. The molecule has 1 aromatic heterocycles. The first kappa shape index (κ1) is 17.0. The molecule has 24 heavy (non-hydrogen) atoms. The monoisotopic (exact) mass is 342 g/mol. The van der Waals surface area contributed by atoms with Gasteiger partial charge in [0.25, 0.3) is 0 Å². The van der Waals surface area contributed by atoms with Gasteiger partial charge in [0.2, 0.25) is 0 Å². The maximum atomic E-state index is 4.84. The zero-order chi connectivity index (χ0) is 16.8. The third-order valence-corrected chi connectivity index (χ3v) is 5.27. The van der Waals surface area contributed by atoms with Gasteiger partial charge in [-0.3, -0.25) is 4.99 Å². The highest BCUT2D eigenvalue weighted by atomic mass is 32.1. The van der Waals surface area contributed by atoms with E-state index in [1.165, 1.54) is 16.1 Å². The van der Waals surface area contributed by atoms with Crippen LogP contribution in [0.4, 0.5) is 0 Å². The Morgan fingerprint density at radius 2 is 2.17 bits per heavy atom. The highest BCUT2D eigenvalue weighted by Crippen LogP contribution is 2.18. The number of nitrogens with zero attached hydrogens (tertiary/aromatic N) is 3. The highest BCUT2D eigenvalue weighted by molar-refractivity contribution is 7.09. The Kier molecular flexibility index (Phi) is 5.86. The quantitative estimate of drug-likeness (QED) is 0.514. The van der Waals surface area contributed by atoms with E-state index in [4.69, 9.17) is 4.99 Å². The molecule has 0 saturated carbocycles. The predicted octanol–water partition coefficient (Wildman–Crippen LogP) is 3.41. The van der Waals surface area contributed by atoms with Gasteiger partial charge in [-0.2, -0.15) is 0 Å². The summed E-state index contributed by atoms with van der Waals surface area (Å²) in [5, 5.41) is 6.79. The van der Waals surface area contributed by atoms with Gasteiger partial charge < -0.3 is 10.2 Å². The lowest BCUT2D eigenvalue weighted by Gasteiger charge is -2.31. The minimum Gasteiger partial charge on any atom is -0.357 e. The molecule has 0 amide bonds. The Morgan fingerprint density at radius 1 is 1.33 bits per heavy atom. The summed E-state index contributed by atoms with van der Waals surface area (Å²) in [6.45, 7) is 7.92. The van der Waals surface area contributed by atoms with Crippen LogP contribution in [0.3, 0.4) is 0 Å². The zero-order valence-electron chi connectivity index (χ0n) is 14.6. The molecule has 1 aromatic carbocycles. The van der Waals surface area contributed by atoms with Crippen LogP contribution in [-0.4, -0.2) is 35.5 Å². The maximum Gasteiger partial charge on any atom is 0.194 e. The van der Waals surface area contributed by atoms with E-state index in [0.29, 0.717) is 0 Å². The van der Waals surface area contributed by atoms with Crippen molar-refractivity contribution in [2.45, 2.75) is 39.7 Å². The third kappa shape index (κ3) is 4.35. The average Bonchev–Trinajstić information content (AvgIpc) is 3.02. The fourth-order valence-electron chi connectivity index (χ4n) is 3.04. The van der Waals surface area contributed by atoms with Gasteiger partial charge in [0.1, 0.15) is 0 Å². The van der Waals surface area contributed by atoms with E-state index < -0.39 is 0 Å². The smallest absolute Gasteiger partial charge is 0.194 e. The Bertz CT molecular complexity index is 692. The molecule has 0 aliphatic carbocycles. The van der Waals surface area contributed by atoms with Gasteiger partial charge >= 0.3 is 0 Å². The number of thiazole rings is 1. The predicted molar refractivity (Wildman–Crippen MR) is 102 cm³/mol. The number of aryl methyl sites for hydroxylation is 2. The Hall–Kier alpha value is -1.88. The lowest BCUT2D eigenvalue weighted by Crippen LogP contribution is -2.44. The minimum atomic E-state index is 0.846. The van der Waals surface area contributed by atoms with Crippen LogP contribution in [0.1, 0.15) is 35.2 Å². The first-order chi connectivity index (χ1) is 11.8. The molecule has 128 valence electrons. The second kappa shape index (κ2) is 8.29. The molecule has 1 aliphatic rings. The van der Waals surface area contributed by atoms with Gasteiger partial charge in [-0.25, -0.2) is 4.98 Å². The van der Waals surface area contributed by atoms with E-state index in [0.717, 1.165) is 57.1 Å².